The van der Waals surface area contributed by atoms with E-state index >= 15 is 0 Å². The number of rotatable bonds is 9. The van der Waals surface area contributed by atoms with Gasteiger partial charge < -0.3 is 15.2 Å². The molecule has 0 bridgehead atoms. The van der Waals surface area contributed by atoms with E-state index in [1.807, 2.05) is 34.9 Å². The third kappa shape index (κ3) is 5.04. The Morgan fingerprint density at radius 3 is 2.66 bits per heavy atom. The van der Waals surface area contributed by atoms with Crippen LogP contribution in [0.15, 0.2) is 53.7 Å². The highest BCUT2D eigenvalue weighted by atomic mass is 32.1. The molecule has 29 heavy (non-hydrogen) atoms. The van der Waals surface area contributed by atoms with Crippen molar-refractivity contribution in [2.45, 2.75) is 32.9 Å². The quantitative estimate of drug-likeness (QED) is 0.545. The first kappa shape index (κ1) is 20.6. The largest absolute Gasteiger partial charge is 0.368 e. The van der Waals surface area contributed by atoms with Gasteiger partial charge in [-0.25, -0.2) is 4.98 Å². The number of anilines is 1. The summed E-state index contributed by atoms with van der Waals surface area (Å²) in [5.74, 6) is -0.111. The Bertz CT molecular complexity index is 970. The van der Waals surface area contributed by atoms with Crippen molar-refractivity contribution in [2.24, 2.45) is 11.7 Å². The van der Waals surface area contributed by atoms with Crippen molar-refractivity contribution in [1.29, 1.82) is 5.26 Å². The summed E-state index contributed by atoms with van der Waals surface area (Å²) in [6.07, 6.45) is 6.10. The molecule has 2 heterocycles. The summed E-state index contributed by atoms with van der Waals surface area (Å²) in [6.45, 7) is 4.97. The van der Waals surface area contributed by atoms with Gasteiger partial charge in [0.2, 0.25) is 5.91 Å². The van der Waals surface area contributed by atoms with Crippen molar-refractivity contribution in [1.82, 2.24) is 9.55 Å². The molecular formula is C22H25N5OS. The summed E-state index contributed by atoms with van der Waals surface area (Å²) in [4.78, 5) is 18.1. The lowest BCUT2D eigenvalue weighted by Gasteiger charge is -2.31. The molecule has 0 saturated carbocycles. The third-order valence-electron chi connectivity index (χ3n) is 4.78. The number of nitrogens with two attached hydrogens (primary N) is 1. The van der Waals surface area contributed by atoms with Gasteiger partial charge in [-0.2, -0.15) is 5.26 Å². The van der Waals surface area contributed by atoms with Gasteiger partial charge in [0.1, 0.15) is 12.6 Å². The summed E-state index contributed by atoms with van der Waals surface area (Å²) < 4.78 is 2.02. The van der Waals surface area contributed by atoms with Crippen LogP contribution in [0.2, 0.25) is 0 Å². The summed E-state index contributed by atoms with van der Waals surface area (Å²) in [5.41, 5.74) is 9.81. The first-order valence-electron chi connectivity index (χ1n) is 9.53. The highest BCUT2D eigenvalue weighted by molar-refractivity contribution is 7.08. The van der Waals surface area contributed by atoms with Crippen molar-refractivity contribution in [3.05, 3.63) is 59.3 Å². The molecule has 150 valence electrons. The number of nitrogens with zero attached hydrogens (tertiary/aromatic N) is 4. The molecule has 0 aliphatic carbocycles. The molecular weight excluding hydrogens is 382 g/mol. The van der Waals surface area contributed by atoms with Gasteiger partial charge in [-0.15, -0.1) is 11.3 Å². The van der Waals surface area contributed by atoms with Crippen LogP contribution >= 0.6 is 11.3 Å². The molecule has 0 saturated heterocycles. The molecule has 6 nitrogen and oxygen atoms in total. The van der Waals surface area contributed by atoms with Crippen LogP contribution in [0.5, 0.6) is 0 Å². The minimum atomic E-state index is -0.511. The molecule has 0 spiro atoms. The van der Waals surface area contributed by atoms with Crippen molar-refractivity contribution >= 4 is 22.9 Å². The van der Waals surface area contributed by atoms with Crippen LogP contribution in [-0.2, 0) is 11.3 Å². The third-order valence-corrected chi connectivity index (χ3v) is 5.51. The molecule has 1 atom stereocenters. The molecule has 0 radical (unpaired) electrons. The number of carbonyl (C=O) groups excluding carboxylic acids is 1. The molecule has 1 amide bonds. The Balaban J connectivity index is 1.89. The molecule has 2 N–H and O–H groups in total. The van der Waals surface area contributed by atoms with Gasteiger partial charge in [-0.3, -0.25) is 4.79 Å². The van der Waals surface area contributed by atoms with Gasteiger partial charge in [0.15, 0.2) is 0 Å². The van der Waals surface area contributed by atoms with Crippen molar-refractivity contribution in [2.75, 3.05) is 11.4 Å². The first-order chi connectivity index (χ1) is 14.0. The molecule has 3 rings (SSSR count). The van der Waals surface area contributed by atoms with Crippen LogP contribution < -0.4 is 10.6 Å². The van der Waals surface area contributed by atoms with E-state index in [0.717, 1.165) is 23.4 Å². The van der Waals surface area contributed by atoms with Crippen LogP contribution in [0, 0.1) is 17.2 Å². The number of benzene rings is 1. The van der Waals surface area contributed by atoms with Crippen LogP contribution in [0.1, 0.15) is 25.8 Å². The maximum atomic E-state index is 12.2. The van der Waals surface area contributed by atoms with Gasteiger partial charge in [0.25, 0.3) is 0 Å². The Kier molecular flexibility index (Phi) is 6.68. The van der Waals surface area contributed by atoms with Gasteiger partial charge in [0, 0.05) is 35.3 Å². The maximum absolute atomic E-state index is 12.2. The molecule has 3 aromatic rings. The number of imidazole rings is 1. The topological polar surface area (TPSA) is 87.9 Å². The van der Waals surface area contributed by atoms with Gasteiger partial charge >= 0.3 is 0 Å². The number of nitriles is 1. The predicted octanol–water partition coefficient (Wildman–Crippen LogP) is 3.89. The average molecular weight is 408 g/mol. The van der Waals surface area contributed by atoms with E-state index in [2.05, 4.69) is 40.7 Å². The highest BCUT2D eigenvalue weighted by Crippen LogP contribution is 2.36. The van der Waals surface area contributed by atoms with Crippen LogP contribution in [0.25, 0.3) is 11.1 Å². The Morgan fingerprint density at radius 2 is 2.07 bits per heavy atom. The highest BCUT2D eigenvalue weighted by Gasteiger charge is 2.27. The number of hydrogen-bond donors (Lipinski definition) is 1. The predicted molar refractivity (Wildman–Crippen MR) is 116 cm³/mol. The molecule has 7 heteroatoms. The van der Waals surface area contributed by atoms with Gasteiger partial charge in [0.05, 0.1) is 18.1 Å². The lowest BCUT2D eigenvalue weighted by atomic mass is 9.99. The molecule has 0 unspecified atom stereocenters. The summed E-state index contributed by atoms with van der Waals surface area (Å²) >= 11 is 1.56. The molecule has 2 aromatic heterocycles. The second-order valence-electron chi connectivity index (χ2n) is 7.44. The minimum absolute atomic E-state index is 0.114. The second kappa shape index (κ2) is 9.39. The fourth-order valence-electron chi connectivity index (χ4n) is 3.39. The second-order valence-corrected chi connectivity index (χ2v) is 8.18. The zero-order chi connectivity index (χ0) is 20.8. The van der Waals surface area contributed by atoms with E-state index in [9.17, 15) is 10.1 Å². The van der Waals surface area contributed by atoms with Crippen molar-refractivity contribution in [3.8, 4) is 17.2 Å². The number of hydrogen-bond acceptors (Lipinski definition) is 5. The van der Waals surface area contributed by atoms with E-state index in [1.54, 1.807) is 23.9 Å². The molecule has 0 aliphatic rings. The Labute approximate surface area is 175 Å². The van der Waals surface area contributed by atoms with E-state index < -0.39 is 11.9 Å². The monoisotopic (exact) mass is 407 g/mol. The average Bonchev–Trinajstić information content (AvgIpc) is 3.37. The first-order valence-corrected chi connectivity index (χ1v) is 10.5. The lowest BCUT2D eigenvalue weighted by molar-refractivity contribution is -0.119. The van der Waals surface area contributed by atoms with E-state index in [-0.39, 0.29) is 6.54 Å². The van der Waals surface area contributed by atoms with Crippen molar-refractivity contribution < 1.29 is 4.79 Å². The summed E-state index contributed by atoms with van der Waals surface area (Å²) in [5, 5.41) is 13.4. The zero-order valence-electron chi connectivity index (χ0n) is 16.7. The SMILES string of the molecule is CC(C)C[C@@H](C(N)=O)N(CC#N)c1cscc1-c1ccc(Cn2ccnc2)cc1. The van der Waals surface area contributed by atoms with Crippen LogP contribution in [0.4, 0.5) is 5.69 Å². The Morgan fingerprint density at radius 1 is 1.31 bits per heavy atom. The molecule has 0 aliphatic heterocycles. The van der Waals surface area contributed by atoms with Crippen LogP contribution in [0.3, 0.4) is 0 Å². The van der Waals surface area contributed by atoms with E-state index in [4.69, 9.17) is 5.73 Å². The number of aromatic nitrogens is 2. The maximum Gasteiger partial charge on any atom is 0.240 e. The molecule has 0 fully saturated rings. The number of carbonyl (C=O) groups is 1. The normalized spacial score (nSPS) is 11.9. The lowest BCUT2D eigenvalue weighted by Crippen LogP contribution is -2.46. The fraction of sp³-hybridized carbons (Fsp3) is 0.318. The summed E-state index contributed by atoms with van der Waals surface area (Å²) in [6, 6.07) is 10.0. The Hall–Kier alpha value is -3.11. The van der Waals surface area contributed by atoms with Crippen LogP contribution in [-0.4, -0.2) is 28.0 Å². The van der Waals surface area contributed by atoms with E-state index in [0.29, 0.717) is 12.3 Å². The fourth-order valence-corrected chi connectivity index (χ4v) is 4.24. The number of primary amides is 1. The zero-order valence-corrected chi connectivity index (χ0v) is 17.5. The molecule has 1 aromatic carbocycles. The minimum Gasteiger partial charge on any atom is -0.368 e. The van der Waals surface area contributed by atoms with Crippen molar-refractivity contribution in [3.63, 3.8) is 0 Å². The number of thiophene rings is 1. The van der Waals surface area contributed by atoms with Gasteiger partial charge in [-0.1, -0.05) is 38.1 Å². The number of amides is 1. The standard InChI is InChI=1S/C22H25N5OS/c1-16(2)11-20(22(24)28)27(9-7-23)21-14-29-13-19(21)18-5-3-17(4-6-18)12-26-10-8-25-15-26/h3-6,8,10,13-16,20H,9,11-12H2,1-2H3,(H2,24,28)/t20-/m0/s1. The van der Waals surface area contributed by atoms with E-state index in [1.165, 1.54) is 5.56 Å². The summed E-state index contributed by atoms with van der Waals surface area (Å²) in [7, 11) is 0. The smallest absolute Gasteiger partial charge is 0.240 e. The van der Waals surface area contributed by atoms with Gasteiger partial charge in [-0.05, 0) is 23.5 Å².